The summed E-state index contributed by atoms with van der Waals surface area (Å²) < 4.78 is 0. The lowest BCUT2D eigenvalue weighted by molar-refractivity contribution is -0.132. The third-order valence-electron chi connectivity index (χ3n) is 3.30. The predicted molar refractivity (Wildman–Crippen MR) is 73.1 cm³/mol. The molecule has 19 heavy (non-hydrogen) atoms. The van der Waals surface area contributed by atoms with E-state index in [1.165, 1.54) is 6.42 Å². The summed E-state index contributed by atoms with van der Waals surface area (Å²) in [4.78, 5) is 22.6. The lowest BCUT2D eigenvalue weighted by Gasteiger charge is -2.24. The molecule has 1 aliphatic heterocycles. The van der Waals surface area contributed by atoms with Crippen LogP contribution in [0.3, 0.4) is 0 Å². The third kappa shape index (κ3) is 3.89. The maximum Gasteiger partial charge on any atom is 0.222 e. The van der Waals surface area contributed by atoms with E-state index in [1.807, 2.05) is 11.8 Å². The topological polar surface area (TPSA) is 84.1 Å². The largest absolute Gasteiger partial charge is 0.335 e. The van der Waals surface area contributed by atoms with Crippen LogP contribution in [0, 0.1) is 6.92 Å². The normalized spacial score (nSPS) is 16.9. The van der Waals surface area contributed by atoms with Gasteiger partial charge in [-0.25, -0.2) is 15.8 Å². The number of carbonyl (C=O) groups excluding carboxylic acids is 1. The van der Waals surface area contributed by atoms with Crippen LogP contribution in [-0.4, -0.2) is 27.3 Å². The van der Waals surface area contributed by atoms with Gasteiger partial charge in [0.15, 0.2) is 0 Å². The molecule has 1 fully saturated rings. The number of carbonyl (C=O) groups is 1. The molecule has 3 N–H and O–H groups in total. The van der Waals surface area contributed by atoms with Crippen molar-refractivity contribution in [1.82, 2.24) is 14.9 Å². The fourth-order valence-electron chi connectivity index (χ4n) is 2.33. The van der Waals surface area contributed by atoms with Crippen molar-refractivity contribution in [2.24, 2.45) is 5.84 Å². The Morgan fingerprint density at radius 1 is 1.32 bits per heavy atom. The molecule has 1 saturated heterocycles. The highest BCUT2D eigenvalue weighted by Crippen LogP contribution is 2.14. The van der Waals surface area contributed by atoms with Crippen molar-refractivity contribution < 1.29 is 4.79 Å². The van der Waals surface area contributed by atoms with Crippen molar-refractivity contribution in [2.75, 3.05) is 12.0 Å². The highest BCUT2D eigenvalue weighted by atomic mass is 16.2. The van der Waals surface area contributed by atoms with E-state index in [4.69, 9.17) is 5.84 Å². The maximum atomic E-state index is 12.0. The van der Waals surface area contributed by atoms with Crippen LogP contribution in [0.25, 0.3) is 0 Å². The van der Waals surface area contributed by atoms with Crippen LogP contribution in [0.4, 0.5) is 5.82 Å². The molecule has 0 radical (unpaired) electrons. The molecule has 1 amide bonds. The predicted octanol–water partition coefficient (Wildman–Crippen LogP) is 1.36. The number of nitrogen functional groups attached to an aromatic ring is 1. The zero-order valence-electron chi connectivity index (χ0n) is 11.4. The Balaban J connectivity index is 2.09. The van der Waals surface area contributed by atoms with Crippen molar-refractivity contribution in [2.45, 2.75) is 45.6 Å². The first-order chi connectivity index (χ1) is 9.19. The van der Waals surface area contributed by atoms with Gasteiger partial charge in [0, 0.05) is 24.7 Å². The Bertz CT molecular complexity index is 449. The monoisotopic (exact) mass is 263 g/mol. The fourth-order valence-corrected chi connectivity index (χ4v) is 2.33. The number of rotatable bonds is 3. The minimum absolute atomic E-state index is 0.201. The molecule has 0 spiro atoms. The summed E-state index contributed by atoms with van der Waals surface area (Å²) in [6, 6.07) is 1.78. The highest BCUT2D eigenvalue weighted by Gasteiger charge is 2.17. The molecular formula is C13H21N5O. The van der Waals surface area contributed by atoms with E-state index in [-0.39, 0.29) is 5.91 Å². The van der Waals surface area contributed by atoms with Gasteiger partial charge in [0.1, 0.15) is 11.6 Å². The van der Waals surface area contributed by atoms with Crippen LogP contribution in [0.15, 0.2) is 6.07 Å². The smallest absolute Gasteiger partial charge is 0.222 e. The van der Waals surface area contributed by atoms with Gasteiger partial charge in [-0.15, -0.1) is 0 Å². The second-order valence-electron chi connectivity index (χ2n) is 4.93. The van der Waals surface area contributed by atoms with E-state index >= 15 is 0 Å². The zero-order valence-corrected chi connectivity index (χ0v) is 11.4. The minimum Gasteiger partial charge on any atom is -0.335 e. The van der Waals surface area contributed by atoms with Crippen LogP contribution in [-0.2, 0) is 11.3 Å². The number of hydrazine groups is 1. The molecule has 0 aliphatic carbocycles. The molecule has 0 saturated carbocycles. The van der Waals surface area contributed by atoms with Crippen LogP contribution < -0.4 is 11.3 Å². The van der Waals surface area contributed by atoms with Gasteiger partial charge in [-0.3, -0.25) is 4.79 Å². The number of aryl methyl sites for hydroxylation is 1. The molecule has 1 aromatic rings. The molecule has 6 heteroatoms. The SMILES string of the molecule is Cc1cc(NN)nc(CN2CCCCCCC2=O)n1. The van der Waals surface area contributed by atoms with Crippen LogP contribution in [0.5, 0.6) is 0 Å². The second kappa shape index (κ2) is 6.47. The molecule has 1 aromatic heterocycles. The Kier molecular flexibility index (Phi) is 4.68. The van der Waals surface area contributed by atoms with Crippen LogP contribution in [0.2, 0.25) is 0 Å². The fraction of sp³-hybridized carbons (Fsp3) is 0.615. The van der Waals surface area contributed by atoms with E-state index in [0.29, 0.717) is 24.6 Å². The zero-order chi connectivity index (χ0) is 13.7. The third-order valence-corrected chi connectivity index (χ3v) is 3.30. The number of hydrogen-bond donors (Lipinski definition) is 2. The summed E-state index contributed by atoms with van der Waals surface area (Å²) in [6.45, 7) is 3.15. The average molecular weight is 263 g/mol. The minimum atomic E-state index is 0.201. The summed E-state index contributed by atoms with van der Waals surface area (Å²) >= 11 is 0. The summed E-state index contributed by atoms with van der Waals surface area (Å²) in [5, 5.41) is 0. The first-order valence-electron chi connectivity index (χ1n) is 6.78. The Hall–Kier alpha value is -1.69. The van der Waals surface area contributed by atoms with E-state index in [9.17, 15) is 4.79 Å². The number of nitrogens with one attached hydrogen (secondary N) is 1. The summed E-state index contributed by atoms with van der Waals surface area (Å²) in [7, 11) is 0. The number of nitrogens with zero attached hydrogens (tertiary/aromatic N) is 3. The number of likely N-dealkylation sites (tertiary alicyclic amines) is 1. The summed E-state index contributed by atoms with van der Waals surface area (Å²) in [5.41, 5.74) is 3.37. The lowest BCUT2D eigenvalue weighted by Crippen LogP contribution is -2.33. The van der Waals surface area contributed by atoms with Gasteiger partial charge >= 0.3 is 0 Å². The first-order valence-corrected chi connectivity index (χ1v) is 6.78. The second-order valence-corrected chi connectivity index (χ2v) is 4.93. The molecular weight excluding hydrogens is 242 g/mol. The van der Waals surface area contributed by atoms with E-state index in [2.05, 4.69) is 15.4 Å². The van der Waals surface area contributed by atoms with Crippen LogP contribution >= 0.6 is 0 Å². The molecule has 104 valence electrons. The highest BCUT2D eigenvalue weighted by molar-refractivity contribution is 5.76. The first kappa shape index (κ1) is 13.7. The molecule has 6 nitrogen and oxygen atoms in total. The molecule has 2 rings (SSSR count). The Morgan fingerprint density at radius 3 is 2.89 bits per heavy atom. The van der Waals surface area contributed by atoms with Gasteiger partial charge in [-0.1, -0.05) is 12.8 Å². The standard InChI is InChI=1S/C13H21N5O/c1-10-8-11(17-14)16-12(15-10)9-18-7-5-3-2-4-6-13(18)19/h8H,2-7,9,14H2,1H3,(H,15,16,17). The van der Waals surface area contributed by atoms with Crippen molar-refractivity contribution >= 4 is 11.7 Å². The molecule has 2 heterocycles. The number of hydrogen-bond acceptors (Lipinski definition) is 5. The number of amides is 1. The van der Waals surface area contributed by atoms with E-state index in [1.54, 1.807) is 6.07 Å². The molecule has 1 aliphatic rings. The van der Waals surface area contributed by atoms with Crippen LogP contribution in [0.1, 0.15) is 43.6 Å². The number of aromatic nitrogens is 2. The molecule has 0 atom stereocenters. The van der Waals surface area contributed by atoms with Gasteiger partial charge < -0.3 is 10.3 Å². The molecule has 0 aromatic carbocycles. The van der Waals surface area contributed by atoms with Crippen molar-refractivity contribution in [3.8, 4) is 0 Å². The van der Waals surface area contributed by atoms with Gasteiger partial charge in [-0.05, 0) is 19.8 Å². The molecule has 0 bridgehead atoms. The summed E-state index contributed by atoms with van der Waals surface area (Å²) in [6.07, 6.45) is 5.02. The van der Waals surface area contributed by atoms with Gasteiger partial charge in [-0.2, -0.15) is 0 Å². The average Bonchev–Trinajstić information content (AvgIpc) is 2.38. The van der Waals surface area contributed by atoms with Gasteiger partial charge in [0.05, 0.1) is 6.54 Å². The van der Waals surface area contributed by atoms with E-state index in [0.717, 1.165) is 31.5 Å². The van der Waals surface area contributed by atoms with Gasteiger partial charge in [0.2, 0.25) is 5.91 Å². The quantitative estimate of drug-likeness (QED) is 0.635. The maximum absolute atomic E-state index is 12.0. The Labute approximate surface area is 113 Å². The number of nitrogens with two attached hydrogens (primary N) is 1. The van der Waals surface area contributed by atoms with E-state index < -0.39 is 0 Å². The van der Waals surface area contributed by atoms with Gasteiger partial charge in [0.25, 0.3) is 0 Å². The lowest BCUT2D eigenvalue weighted by atomic mass is 10.1. The number of anilines is 1. The van der Waals surface area contributed by atoms with Crippen molar-refractivity contribution in [1.29, 1.82) is 0 Å². The molecule has 0 unspecified atom stereocenters. The Morgan fingerprint density at radius 2 is 2.11 bits per heavy atom. The van der Waals surface area contributed by atoms with Crippen molar-refractivity contribution in [3.63, 3.8) is 0 Å². The summed E-state index contributed by atoms with van der Waals surface area (Å²) in [5.74, 6) is 6.80. The van der Waals surface area contributed by atoms with Crippen molar-refractivity contribution in [3.05, 3.63) is 17.6 Å².